The summed E-state index contributed by atoms with van der Waals surface area (Å²) in [5.41, 5.74) is 0.943. The van der Waals surface area contributed by atoms with Gasteiger partial charge in [-0.25, -0.2) is 0 Å². The molecule has 0 radical (unpaired) electrons. The molecular formula is C17H22N2O2. The molecule has 1 aromatic carbocycles. The number of rotatable bonds is 7. The number of phenolic OH excluding ortho intramolecular Hbond substituents is 1. The zero-order valence-electron chi connectivity index (χ0n) is 12.4. The van der Waals surface area contributed by atoms with Gasteiger partial charge in [0.05, 0.1) is 5.69 Å². The predicted octanol–water partition coefficient (Wildman–Crippen LogP) is 4.24. The van der Waals surface area contributed by atoms with Crippen LogP contribution in [0.4, 0.5) is 5.69 Å². The molecule has 1 amide bonds. The lowest BCUT2D eigenvalue weighted by atomic mass is 10.1. The van der Waals surface area contributed by atoms with Crippen LogP contribution in [0.25, 0.3) is 10.9 Å². The Labute approximate surface area is 125 Å². The second-order valence-corrected chi connectivity index (χ2v) is 5.25. The van der Waals surface area contributed by atoms with Gasteiger partial charge >= 0.3 is 0 Å². The molecule has 0 aliphatic carbocycles. The van der Waals surface area contributed by atoms with Crippen molar-refractivity contribution in [2.75, 3.05) is 5.32 Å². The second-order valence-electron chi connectivity index (χ2n) is 5.25. The van der Waals surface area contributed by atoms with Gasteiger partial charge in [-0.2, -0.15) is 0 Å². The molecule has 4 heteroatoms. The maximum Gasteiger partial charge on any atom is 0.224 e. The van der Waals surface area contributed by atoms with Gasteiger partial charge in [-0.1, -0.05) is 44.7 Å². The van der Waals surface area contributed by atoms with Crippen LogP contribution in [-0.4, -0.2) is 16.0 Å². The summed E-state index contributed by atoms with van der Waals surface area (Å²) < 4.78 is 0. The number of phenols is 1. The number of aromatic hydroxyl groups is 1. The van der Waals surface area contributed by atoms with E-state index in [-0.39, 0.29) is 11.7 Å². The Morgan fingerprint density at radius 2 is 2.00 bits per heavy atom. The summed E-state index contributed by atoms with van der Waals surface area (Å²) in [6, 6.07) is 7.25. The molecule has 0 aliphatic heterocycles. The van der Waals surface area contributed by atoms with Crippen LogP contribution in [0.5, 0.6) is 5.75 Å². The number of amides is 1. The number of nitrogens with one attached hydrogen (secondary N) is 1. The summed E-state index contributed by atoms with van der Waals surface area (Å²) in [6.45, 7) is 2.17. The third-order valence-electron chi connectivity index (χ3n) is 3.53. The monoisotopic (exact) mass is 286 g/mol. The number of carbonyl (C=O) groups is 1. The van der Waals surface area contributed by atoms with Gasteiger partial charge in [0.1, 0.15) is 5.52 Å². The van der Waals surface area contributed by atoms with Crippen LogP contribution in [0.15, 0.2) is 30.5 Å². The third kappa shape index (κ3) is 4.18. The van der Waals surface area contributed by atoms with Gasteiger partial charge in [0.15, 0.2) is 5.75 Å². The number of benzene rings is 1. The Morgan fingerprint density at radius 3 is 2.81 bits per heavy atom. The lowest BCUT2D eigenvalue weighted by Crippen LogP contribution is -2.11. The summed E-state index contributed by atoms with van der Waals surface area (Å²) in [7, 11) is 0. The number of unbranched alkanes of at least 4 members (excludes halogenated alkanes) is 4. The van der Waals surface area contributed by atoms with Crippen LogP contribution in [0.2, 0.25) is 0 Å². The van der Waals surface area contributed by atoms with Gasteiger partial charge in [0, 0.05) is 18.0 Å². The molecule has 21 heavy (non-hydrogen) atoms. The Kier molecular flexibility index (Phi) is 5.55. The maximum absolute atomic E-state index is 11.9. The number of anilines is 1. The Bertz CT molecular complexity index is 611. The van der Waals surface area contributed by atoms with E-state index in [0.29, 0.717) is 17.6 Å². The second kappa shape index (κ2) is 7.62. The average molecular weight is 286 g/mol. The normalized spacial score (nSPS) is 10.7. The maximum atomic E-state index is 11.9. The van der Waals surface area contributed by atoms with Crippen molar-refractivity contribution in [3.63, 3.8) is 0 Å². The molecule has 4 nitrogen and oxygen atoms in total. The Balaban J connectivity index is 1.93. The van der Waals surface area contributed by atoms with E-state index in [1.807, 2.05) is 18.2 Å². The van der Waals surface area contributed by atoms with Crippen molar-refractivity contribution >= 4 is 22.5 Å². The number of pyridine rings is 1. The molecule has 0 bridgehead atoms. The Hall–Kier alpha value is -2.10. The van der Waals surface area contributed by atoms with Crippen LogP contribution in [-0.2, 0) is 4.79 Å². The van der Waals surface area contributed by atoms with Crippen molar-refractivity contribution in [3.8, 4) is 5.75 Å². The lowest BCUT2D eigenvalue weighted by molar-refractivity contribution is -0.116. The molecule has 0 spiro atoms. The number of carbonyl (C=O) groups excluding carboxylic acids is 1. The third-order valence-corrected chi connectivity index (χ3v) is 3.53. The minimum atomic E-state index is -0.0583. The van der Waals surface area contributed by atoms with Crippen LogP contribution in [0, 0.1) is 0 Å². The fourth-order valence-electron chi connectivity index (χ4n) is 2.33. The van der Waals surface area contributed by atoms with Crippen LogP contribution in [0.1, 0.15) is 45.4 Å². The van der Waals surface area contributed by atoms with E-state index in [4.69, 9.17) is 0 Å². The summed E-state index contributed by atoms with van der Waals surface area (Å²) in [4.78, 5) is 16.0. The van der Waals surface area contributed by atoms with Crippen molar-refractivity contribution in [2.24, 2.45) is 0 Å². The van der Waals surface area contributed by atoms with Gasteiger partial charge in [0.2, 0.25) is 5.91 Å². The van der Waals surface area contributed by atoms with E-state index in [0.717, 1.165) is 18.2 Å². The highest BCUT2D eigenvalue weighted by Gasteiger charge is 2.10. The standard InChI is InChI=1S/C17H22N2O2/c1-2-3-4-5-6-9-15(20)19-14-11-10-13-8-7-12-18-16(13)17(14)21/h7-8,10-12,21H,2-6,9H2,1H3,(H,19,20). The van der Waals surface area contributed by atoms with E-state index in [2.05, 4.69) is 17.2 Å². The number of nitrogens with zero attached hydrogens (tertiary/aromatic N) is 1. The number of hydrogen-bond donors (Lipinski definition) is 2. The molecule has 0 fully saturated rings. The van der Waals surface area contributed by atoms with Crippen LogP contribution < -0.4 is 5.32 Å². The van der Waals surface area contributed by atoms with Gasteiger partial charge in [-0.05, 0) is 18.6 Å². The molecule has 2 rings (SSSR count). The summed E-state index contributed by atoms with van der Waals surface area (Å²) in [6.07, 6.45) is 7.67. The molecule has 2 aromatic rings. The van der Waals surface area contributed by atoms with Crippen molar-refractivity contribution in [2.45, 2.75) is 45.4 Å². The molecule has 2 N–H and O–H groups in total. The largest absolute Gasteiger partial charge is 0.504 e. The fourth-order valence-corrected chi connectivity index (χ4v) is 2.33. The van der Waals surface area contributed by atoms with E-state index < -0.39 is 0 Å². The SMILES string of the molecule is CCCCCCCC(=O)Nc1ccc2cccnc2c1O. The van der Waals surface area contributed by atoms with E-state index in [1.165, 1.54) is 19.3 Å². The molecule has 0 saturated heterocycles. The first-order chi connectivity index (χ1) is 10.2. The minimum absolute atomic E-state index is 0.0347. The average Bonchev–Trinajstić information content (AvgIpc) is 2.50. The zero-order valence-corrected chi connectivity index (χ0v) is 12.4. The summed E-state index contributed by atoms with van der Waals surface area (Å²) in [5.74, 6) is -0.0236. The minimum Gasteiger partial charge on any atom is -0.504 e. The first-order valence-electron chi connectivity index (χ1n) is 7.59. The van der Waals surface area contributed by atoms with E-state index in [9.17, 15) is 9.90 Å². The van der Waals surface area contributed by atoms with Crippen LogP contribution in [0.3, 0.4) is 0 Å². The first kappa shape index (κ1) is 15.3. The van der Waals surface area contributed by atoms with Gasteiger partial charge < -0.3 is 10.4 Å². The predicted molar refractivity (Wildman–Crippen MR) is 85.4 cm³/mol. The highest BCUT2D eigenvalue weighted by atomic mass is 16.3. The molecular weight excluding hydrogens is 264 g/mol. The molecule has 0 aliphatic rings. The number of fused-ring (bicyclic) bond motifs is 1. The van der Waals surface area contributed by atoms with Crippen molar-refractivity contribution in [1.29, 1.82) is 0 Å². The fraction of sp³-hybridized carbons (Fsp3) is 0.412. The number of aromatic nitrogens is 1. The smallest absolute Gasteiger partial charge is 0.224 e. The zero-order chi connectivity index (χ0) is 15.1. The van der Waals surface area contributed by atoms with E-state index >= 15 is 0 Å². The molecule has 0 atom stereocenters. The first-order valence-corrected chi connectivity index (χ1v) is 7.59. The summed E-state index contributed by atoms with van der Waals surface area (Å²) >= 11 is 0. The van der Waals surface area contributed by atoms with Crippen molar-refractivity contribution in [3.05, 3.63) is 30.5 Å². The van der Waals surface area contributed by atoms with Crippen LogP contribution >= 0.6 is 0 Å². The van der Waals surface area contributed by atoms with Crippen molar-refractivity contribution in [1.82, 2.24) is 4.98 Å². The quantitative estimate of drug-likeness (QED) is 0.591. The molecule has 112 valence electrons. The highest BCUT2D eigenvalue weighted by molar-refractivity contribution is 5.97. The molecule has 1 heterocycles. The molecule has 1 aromatic heterocycles. The van der Waals surface area contributed by atoms with Gasteiger partial charge in [-0.15, -0.1) is 0 Å². The van der Waals surface area contributed by atoms with Gasteiger partial charge in [0.25, 0.3) is 0 Å². The number of hydrogen-bond acceptors (Lipinski definition) is 3. The Morgan fingerprint density at radius 1 is 1.19 bits per heavy atom. The molecule has 0 saturated carbocycles. The molecule has 0 unspecified atom stereocenters. The highest BCUT2D eigenvalue weighted by Crippen LogP contribution is 2.30. The lowest BCUT2D eigenvalue weighted by Gasteiger charge is -2.09. The summed E-state index contributed by atoms with van der Waals surface area (Å²) in [5, 5.41) is 13.8. The topological polar surface area (TPSA) is 62.2 Å². The van der Waals surface area contributed by atoms with E-state index in [1.54, 1.807) is 12.3 Å². The van der Waals surface area contributed by atoms with Crippen molar-refractivity contribution < 1.29 is 9.90 Å². The van der Waals surface area contributed by atoms with Gasteiger partial charge in [-0.3, -0.25) is 9.78 Å².